The molecule has 2 aliphatic carbocycles. The number of hydrogen-bond donors (Lipinski definition) is 3. The van der Waals surface area contributed by atoms with E-state index >= 15 is 0 Å². The van der Waals surface area contributed by atoms with E-state index in [-0.39, 0.29) is 38.4 Å². The van der Waals surface area contributed by atoms with Crippen LogP contribution in [-0.4, -0.2) is 77.6 Å². The van der Waals surface area contributed by atoms with Gasteiger partial charge in [-0.1, -0.05) is 48.0 Å². The molecule has 3 fully saturated rings. The first-order valence-electron chi connectivity index (χ1n) is 16.3. The molecule has 2 saturated carbocycles. The van der Waals surface area contributed by atoms with Crippen molar-refractivity contribution in [2.24, 2.45) is 11.8 Å². The highest BCUT2D eigenvalue weighted by Crippen LogP contribution is 2.45. The number of likely N-dealkylation sites (tertiary alicyclic amines) is 1. The molecule has 0 aromatic heterocycles. The van der Waals surface area contributed by atoms with Gasteiger partial charge in [-0.2, -0.15) is 0 Å². The number of halogens is 2. The number of carbonyl (C=O) groups is 4. The minimum Gasteiger partial charge on any atom is -0.444 e. The first-order valence-corrected chi connectivity index (χ1v) is 18.6. The summed E-state index contributed by atoms with van der Waals surface area (Å²) in [7, 11) is -3.89. The fraction of sp³-hybridized carbons (Fsp3) is 0.471. The van der Waals surface area contributed by atoms with Crippen LogP contribution in [0.25, 0.3) is 0 Å². The minimum atomic E-state index is -3.89. The number of carbonyl (C=O) groups excluding carboxylic acids is 4. The fourth-order valence-electron chi connectivity index (χ4n) is 6.54. The van der Waals surface area contributed by atoms with Crippen LogP contribution in [0.4, 0.5) is 14.9 Å². The molecule has 2 aliphatic heterocycles. The Morgan fingerprint density at radius 1 is 1.10 bits per heavy atom. The third kappa shape index (κ3) is 7.18. The number of benzene rings is 2. The molecule has 1 saturated heterocycles. The number of fused-ring (bicyclic) bond motifs is 1. The molecular formula is C34H39BrFN5O7S. The number of nitrogens with one attached hydrogen (secondary N) is 3. The van der Waals surface area contributed by atoms with Crippen molar-refractivity contribution in [2.45, 2.75) is 81.6 Å². The van der Waals surface area contributed by atoms with E-state index in [1.54, 1.807) is 12.1 Å². The Morgan fingerprint density at radius 2 is 1.82 bits per heavy atom. The van der Waals surface area contributed by atoms with Crippen molar-refractivity contribution < 1.29 is 36.7 Å². The maximum Gasteiger partial charge on any atom is 0.410 e. The number of anilines is 1. The van der Waals surface area contributed by atoms with Gasteiger partial charge in [0.1, 0.15) is 29.5 Å². The van der Waals surface area contributed by atoms with Crippen LogP contribution in [0.2, 0.25) is 0 Å². The van der Waals surface area contributed by atoms with E-state index in [0.29, 0.717) is 29.7 Å². The molecule has 2 heterocycles. The highest BCUT2D eigenvalue weighted by molar-refractivity contribution is 9.10. The molecule has 15 heteroatoms. The molecule has 0 spiro atoms. The predicted molar refractivity (Wildman–Crippen MR) is 182 cm³/mol. The lowest BCUT2D eigenvalue weighted by Gasteiger charge is -2.31. The molecular weight excluding hydrogens is 721 g/mol. The zero-order chi connectivity index (χ0) is 35.2. The summed E-state index contributed by atoms with van der Waals surface area (Å²) in [6.45, 7) is 7.53. The number of rotatable bonds is 11. The SMILES string of the molecule is C=CC1CC1(NC(=O)[C@@H]1C[C@@H](OC(=O)N2Cc3cccc(F)c3C2)CN1C(=O)[C@@H](Nc1ccc(Br)cc1)C(C)C)C(=O)NS(=O)(=O)C1CC1. The molecule has 5 atom stereocenters. The van der Waals surface area contributed by atoms with Crippen LogP contribution >= 0.6 is 15.9 Å². The maximum absolute atomic E-state index is 14.4. The van der Waals surface area contributed by atoms with E-state index in [2.05, 4.69) is 37.9 Å². The molecule has 4 aliphatic rings. The van der Waals surface area contributed by atoms with Crippen molar-refractivity contribution in [3.8, 4) is 0 Å². The van der Waals surface area contributed by atoms with E-state index in [9.17, 15) is 32.0 Å². The summed E-state index contributed by atoms with van der Waals surface area (Å²) in [5.41, 5.74) is 0.207. The number of sulfonamides is 1. The third-order valence-corrected chi connectivity index (χ3v) is 12.0. The Hall–Kier alpha value is -3.98. The Balaban J connectivity index is 1.22. The zero-order valence-electron chi connectivity index (χ0n) is 27.2. The standard InChI is InChI=1S/C34H39BrFN5O7S/c1-4-21-15-34(21,32(44)39-49(46,47)25-12-13-25)38-30(42)28-14-24(48-33(45)40-16-20-6-5-7-27(36)26(20)18-40)17-41(28)31(43)29(19(2)3)37-23-10-8-22(35)9-11-23/h4-11,19,21,24-25,28-29,37H,1,12-18H2,2-3H3,(H,38,42)(H,39,44)/t21?,24-,28+,29+,34?/m1/s1. The Kier molecular flexibility index (Phi) is 9.52. The minimum absolute atomic E-state index is 0.0248. The average Bonchev–Trinajstić information content (AvgIpc) is 3.94. The van der Waals surface area contributed by atoms with Crippen molar-refractivity contribution in [3.63, 3.8) is 0 Å². The van der Waals surface area contributed by atoms with Crippen molar-refractivity contribution in [1.82, 2.24) is 19.8 Å². The van der Waals surface area contributed by atoms with Crippen molar-refractivity contribution in [2.75, 3.05) is 11.9 Å². The van der Waals surface area contributed by atoms with Gasteiger partial charge in [-0.15, -0.1) is 6.58 Å². The van der Waals surface area contributed by atoms with E-state index < -0.39 is 74.5 Å². The fourth-order valence-corrected chi connectivity index (χ4v) is 8.17. The quantitative estimate of drug-likeness (QED) is 0.293. The smallest absolute Gasteiger partial charge is 0.410 e. The van der Waals surface area contributed by atoms with Crippen LogP contribution in [0.15, 0.2) is 59.6 Å². The van der Waals surface area contributed by atoms with Gasteiger partial charge in [-0.3, -0.25) is 24.0 Å². The van der Waals surface area contributed by atoms with Crippen LogP contribution in [0.1, 0.15) is 50.7 Å². The van der Waals surface area contributed by atoms with Gasteiger partial charge >= 0.3 is 6.09 Å². The van der Waals surface area contributed by atoms with E-state index in [4.69, 9.17) is 4.74 Å². The zero-order valence-corrected chi connectivity index (χ0v) is 29.6. The van der Waals surface area contributed by atoms with Crippen LogP contribution in [0.5, 0.6) is 0 Å². The number of nitrogens with zero attached hydrogens (tertiary/aromatic N) is 2. The van der Waals surface area contributed by atoms with E-state index in [1.807, 2.05) is 38.1 Å². The molecule has 2 aromatic carbocycles. The number of amides is 4. The largest absolute Gasteiger partial charge is 0.444 e. The average molecular weight is 761 g/mol. The highest BCUT2D eigenvalue weighted by atomic mass is 79.9. The second-order valence-corrected chi connectivity index (χ2v) is 16.4. The lowest BCUT2D eigenvalue weighted by Crippen LogP contribution is -2.58. The first kappa shape index (κ1) is 34.9. The van der Waals surface area contributed by atoms with Gasteiger partial charge in [-0.25, -0.2) is 17.6 Å². The molecule has 262 valence electrons. The molecule has 6 rings (SSSR count). The Labute approximate surface area is 293 Å². The van der Waals surface area contributed by atoms with Crippen molar-refractivity contribution >= 4 is 55.5 Å². The van der Waals surface area contributed by atoms with E-state index in [1.165, 1.54) is 21.9 Å². The molecule has 4 amide bonds. The van der Waals surface area contributed by atoms with Crippen LogP contribution in [0, 0.1) is 17.7 Å². The molecule has 49 heavy (non-hydrogen) atoms. The van der Waals surface area contributed by atoms with Crippen LogP contribution in [-0.2, 0) is 42.2 Å². The lowest BCUT2D eigenvalue weighted by atomic mass is 10.0. The monoisotopic (exact) mass is 759 g/mol. The molecule has 3 N–H and O–H groups in total. The van der Waals surface area contributed by atoms with Gasteiger partial charge in [0.15, 0.2) is 0 Å². The molecule has 0 bridgehead atoms. The van der Waals surface area contributed by atoms with Crippen molar-refractivity contribution in [3.05, 3.63) is 76.5 Å². The summed E-state index contributed by atoms with van der Waals surface area (Å²) in [6, 6.07) is 9.99. The summed E-state index contributed by atoms with van der Waals surface area (Å²) >= 11 is 3.41. The Morgan fingerprint density at radius 3 is 2.43 bits per heavy atom. The second kappa shape index (κ2) is 13.4. The van der Waals surface area contributed by atoms with Gasteiger partial charge in [0.05, 0.1) is 18.3 Å². The summed E-state index contributed by atoms with van der Waals surface area (Å²) in [6.07, 6.45) is 0.858. The second-order valence-electron chi connectivity index (χ2n) is 13.5. The van der Waals surface area contributed by atoms with Gasteiger partial charge in [0.2, 0.25) is 21.8 Å². The third-order valence-electron chi connectivity index (χ3n) is 9.65. The van der Waals surface area contributed by atoms with Gasteiger partial charge in [0.25, 0.3) is 5.91 Å². The molecule has 2 unspecified atom stereocenters. The summed E-state index contributed by atoms with van der Waals surface area (Å²) in [4.78, 5) is 57.7. The van der Waals surface area contributed by atoms with Gasteiger partial charge < -0.3 is 20.3 Å². The summed E-state index contributed by atoms with van der Waals surface area (Å²) in [5, 5.41) is 5.36. The topological polar surface area (TPSA) is 154 Å². The Bertz CT molecular complexity index is 1790. The van der Waals surface area contributed by atoms with Crippen LogP contribution in [0.3, 0.4) is 0 Å². The van der Waals surface area contributed by atoms with Gasteiger partial charge in [0, 0.05) is 34.6 Å². The lowest BCUT2D eigenvalue weighted by molar-refractivity contribution is -0.140. The first-order chi connectivity index (χ1) is 23.2. The normalized spacial score (nSPS) is 25.0. The highest BCUT2D eigenvalue weighted by Gasteiger charge is 2.62. The number of hydrogen-bond acceptors (Lipinski definition) is 8. The number of ether oxygens (including phenoxy) is 1. The molecule has 12 nitrogen and oxygen atoms in total. The van der Waals surface area contributed by atoms with Crippen molar-refractivity contribution in [1.29, 1.82) is 0 Å². The maximum atomic E-state index is 14.4. The summed E-state index contributed by atoms with van der Waals surface area (Å²) in [5.74, 6) is -3.12. The predicted octanol–water partition coefficient (Wildman–Crippen LogP) is 3.82. The van der Waals surface area contributed by atoms with Gasteiger partial charge in [-0.05, 0) is 61.1 Å². The molecule has 0 radical (unpaired) electrons. The van der Waals surface area contributed by atoms with Crippen LogP contribution < -0.4 is 15.4 Å². The van der Waals surface area contributed by atoms with E-state index in [0.717, 1.165) is 4.47 Å². The molecule has 2 aromatic rings. The summed E-state index contributed by atoms with van der Waals surface area (Å²) < 4.78 is 48.4.